The van der Waals surface area contributed by atoms with Gasteiger partial charge in [-0.25, -0.2) is 4.39 Å². The summed E-state index contributed by atoms with van der Waals surface area (Å²) in [5.74, 6) is -0.777. The number of carbonyl (C=O) groups is 1. The first kappa shape index (κ1) is 11.2. The molecule has 15 heavy (non-hydrogen) atoms. The molecule has 78 valence electrons. The molecular formula is C11H10FNO2. The lowest BCUT2D eigenvalue weighted by molar-refractivity contribution is -0.116. The Bertz CT molecular complexity index is 435. The van der Waals surface area contributed by atoms with E-state index in [1.54, 1.807) is 0 Å². The van der Waals surface area contributed by atoms with Crippen LogP contribution < -0.4 is 4.74 Å². The third-order valence-corrected chi connectivity index (χ3v) is 1.88. The largest absolute Gasteiger partial charge is 0.492 e. The van der Waals surface area contributed by atoms with Crippen LogP contribution >= 0.6 is 0 Å². The minimum Gasteiger partial charge on any atom is -0.492 e. The van der Waals surface area contributed by atoms with Gasteiger partial charge in [-0.05, 0) is 24.6 Å². The molecule has 0 unspecified atom stereocenters. The third kappa shape index (κ3) is 2.53. The number of methoxy groups -OCH3 is 1. The van der Waals surface area contributed by atoms with Gasteiger partial charge in [-0.15, -0.1) is 0 Å². The fourth-order valence-corrected chi connectivity index (χ4v) is 1.33. The molecular weight excluding hydrogens is 197 g/mol. The molecule has 3 nitrogen and oxygen atoms in total. The number of ketones is 1. The van der Waals surface area contributed by atoms with Gasteiger partial charge in [-0.1, -0.05) is 0 Å². The number of ether oxygens (including phenoxy) is 1. The predicted octanol–water partition coefficient (Wildman–Crippen LogP) is 1.84. The number of nitrogens with zero attached hydrogens (tertiary/aromatic N) is 1. The average Bonchev–Trinajstić information content (AvgIpc) is 2.15. The van der Waals surface area contributed by atoms with Crippen molar-refractivity contribution in [3.8, 4) is 11.8 Å². The summed E-state index contributed by atoms with van der Waals surface area (Å²) in [4.78, 5) is 10.8. The number of nitriles is 1. The second-order valence-electron chi connectivity index (χ2n) is 3.15. The highest BCUT2D eigenvalue weighted by atomic mass is 19.1. The van der Waals surface area contributed by atoms with Crippen molar-refractivity contribution >= 4 is 5.78 Å². The van der Waals surface area contributed by atoms with Gasteiger partial charge in [0, 0.05) is 6.42 Å². The molecule has 0 amide bonds. The fourth-order valence-electron chi connectivity index (χ4n) is 1.33. The molecule has 0 aliphatic heterocycles. The highest BCUT2D eigenvalue weighted by molar-refractivity contribution is 5.78. The minimum absolute atomic E-state index is 0.0789. The van der Waals surface area contributed by atoms with Crippen molar-refractivity contribution in [3.63, 3.8) is 0 Å². The molecule has 0 aliphatic carbocycles. The normalized spacial score (nSPS) is 9.47. The molecule has 0 radical (unpaired) electrons. The van der Waals surface area contributed by atoms with Crippen molar-refractivity contribution in [1.82, 2.24) is 0 Å². The third-order valence-electron chi connectivity index (χ3n) is 1.88. The summed E-state index contributed by atoms with van der Waals surface area (Å²) >= 11 is 0. The monoisotopic (exact) mass is 207 g/mol. The standard InChI is InChI=1S/C11H10FNO2/c1-7(14)3-8-4-9(6-13)11(15-2)10(12)5-8/h4-5H,3H2,1-2H3. The van der Waals surface area contributed by atoms with Crippen LogP contribution in [0.2, 0.25) is 0 Å². The fraction of sp³-hybridized carbons (Fsp3) is 0.273. The molecule has 4 heteroatoms. The molecule has 0 heterocycles. The first-order chi connectivity index (χ1) is 7.08. The molecule has 0 aromatic heterocycles. The van der Waals surface area contributed by atoms with Gasteiger partial charge in [0.05, 0.1) is 12.7 Å². The first-order valence-electron chi connectivity index (χ1n) is 4.34. The smallest absolute Gasteiger partial charge is 0.172 e. The van der Waals surface area contributed by atoms with Crippen LogP contribution in [0.15, 0.2) is 12.1 Å². The van der Waals surface area contributed by atoms with Crippen molar-refractivity contribution in [1.29, 1.82) is 5.26 Å². The minimum atomic E-state index is -0.618. The van der Waals surface area contributed by atoms with E-state index in [4.69, 9.17) is 10.00 Å². The number of hydrogen-bond acceptors (Lipinski definition) is 3. The summed E-state index contributed by atoms with van der Waals surface area (Å²) in [6.07, 6.45) is 0.121. The Labute approximate surface area is 87.1 Å². The zero-order valence-corrected chi connectivity index (χ0v) is 8.50. The summed E-state index contributed by atoms with van der Waals surface area (Å²) in [5.41, 5.74) is 0.589. The Kier molecular flexibility index (Phi) is 3.40. The Morgan fingerprint density at radius 3 is 2.73 bits per heavy atom. The molecule has 1 aromatic carbocycles. The van der Waals surface area contributed by atoms with Gasteiger partial charge in [0.15, 0.2) is 11.6 Å². The molecule has 0 saturated heterocycles. The number of carbonyl (C=O) groups excluding carboxylic acids is 1. The van der Waals surface area contributed by atoms with Crippen molar-refractivity contribution < 1.29 is 13.9 Å². The Morgan fingerprint density at radius 1 is 1.60 bits per heavy atom. The van der Waals surface area contributed by atoms with Crippen LogP contribution in [0.25, 0.3) is 0 Å². The summed E-state index contributed by atoms with van der Waals surface area (Å²) < 4.78 is 18.1. The number of halogens is 1. The molecule has 1 rings (SSSR count). The van der Waals surface area contributed by atoms with Gasteiger partial charge in [0.2, 0.25) is 0 Å². The quantitative estimate of drug-likeness (QED) is 0.759. The van der Waals surface area contributed by atoms with Crippen LogP contribution in [0.1, 0.15) is 18.1 Å². The van der Waals surface area contributed by atoms with E-state index in [1.165, 1.54) is 26.2 Å². The van der Waals surface area contributed by atoms with Crippen LogP contribution in [0.3, 0.4) is 0 Å². The lowest BCUT2D eigenvalue weighted by Crippen LogP contribution is -2.00. The van der Waals surface area contributed by atoms with E-state index in [2.05, 4.69) is 0 Å². The average molecular weight is 207 g/mol. The van der Waals surface area contributed by atoms with Gasteiger partial charge in [-0.2, -0.15) is 5.26 Å². The molecule has 0 atom stereocenters. The molecule has 0 saturated carbocycles. The summed E-state index contributed by atoms with van der Waals surface area (Å²) in [7, 11) is 1.30. The first-order valence-corrected chi connectivity index (χ1v) is 4.34. The topological polar surface area (TPSA) is 50.1 Å². The highest BCUT2D eigenvalue weighted by Gasteiger charge is 2.11. The zero-order chi connectivity index (χ0) is 11.4. The van der Waals surface area contributed by atoms with Gasteiger partial charge < -0.3 is 4.74 Å². The number of rotatable bonds is 3. The maximum Gasteiger partial charge on any atom is 0.172 e. The van der Waals surface area contributed by atoms with E-state index < -0.39 is 5.82 Å². The van der Waals surface area contributed by atoms with E-state index in [-0.39, 0.29) is 23.5 Å². The van der Waals surface area contributed by atoms with Crippen LogP contribution in [-0.2, 0) is 11.2 Å². The Morgan fingerprint density at radius 2 is 2.27 bits per heavy atom. The molecule has 0 fully saturated rings. The second kappa shape index (κ2) is 4.56. The Hall–Kier alpha value is -1.89. The second-order valence-corrected chi connectivity index (χ2v) is 3.15. The van der Waals surface area contributed by atoms with Gasteiger partial charge >= 0.3 is 0 Å². The van der Waals surface area contributed by atoms with Crippen molar-refractivity contribution in [2.24, 2.45) is 0 Å². The highest BCUT2D eigenvalue weighted by Crippen LogP contribution is 2.23. The van der Waals surface area contributed by atoms with E-state index in [9.17, 15) is 9.18 Å². The summed E-state index contributed by atoms with van der Waals surface area (Å²) in [6.45, 7) is 1.41. The maximum atomic E-state index is 13.4. The zero-order valence-electron chi connectivity index (χ0n) is 8.50. The molecule has 0 bridgehead atoms. The number of Topliss-reactive ketones (excluding diaryl/α,β-unsaturated/α-hetero) is 1. The van der Waals surface area contributed by atoms with Crippen molar-refractivity contribution in [2.75, 3.05) is 7.11 Å². The van der Waals surface area contributed by atoms with E-state index >= 15 is 0 Å². The number of benzene rings is 1. The molecule has 0 aliphatic rings. The summed E-state index contributed by atoms with van der Waals surface area (Å²) in [6, 6.07) is 4.50. The van der Waals surface area contributed by atoms with Crippen LogP contribution in [0.5, 0.6) is 5.75 Å². The van der Waals surface area contributed by atoms with Gasteiger partial charge in [-0.3, -0.25) is 4.79 Å². The Balaban J connectivity index is 3.21. The van der Waals surface area contributed by atoms with Gasteiger partial charge in [0.25, 0.3) is 0 Å². The van der Waals surface area contributed by atoms with Crippen LogP contribution in [0, 0.1) is 17.1 Å². The SMILES string of the molecule is COc1c(F)cc(CC(C)=O)cc1C#N. The lowest BCUT2D eigenvalue weighted by atomic mass is 10.1. The van der Waals surface area contributed by atoms with Crippen LogP contribution in [0.4, 0.5) is 4.39 Å². The predicted molar refractivity (Wildman–Crippen MR) is 52.1 cm³/mol. The van der Waals surface area contributed by atoms with Crippen LogP contribution in [-0.4, -0.2) is 12.9 Å². The number of hydrogen-bond donors (Lipinski definition) is 0. The van der Waals surface area contributed by atoms with Crippen molar-refractivity contribution in [2.45, 2.75) is 13.3 Å². The summed E-state index contributed by atoms with van der Waals surface area (Å²) in [5, 5.41) is 8.75. The molecule has 1 aromatic rings. The maximum absolute atomic E-state index is 13.4. The van der Waals surface area contributed by atoms with E-state index in [0.29, 0.717) is 5.56 Å². The van der Waals surface area contributed by atoms with Gasteiger partial charge in [0.1, 0.15) is 11.9 Å². The molecule has 0 spiro atoms. The van der Waals surface area contributed by atoms with Crippen molar-refractivity contribution in [3.05, 3.63) is 29.1 Å². The van der Waals surface area contributed by atoms with E-state index in [0.717, 1.165) is 0 Å². The molecule has 0 N–H and O–H groups in total. The van der Waals surface area contributed by atoms with E-state index in [1.807, 2.05) is 6.07 Å². The lowest BCUT2D eigenvalue weighted by Gasteiger charge is -2.06.